The summed E-state index contributed by atoms with van der Waals surface area (Å²) in [4.78, 5) is 12.0. The van der Waals surface area contributed by atoms with Crippen molar-refractivity contribution in [3.8, 4) is 5.75 Å². The molecule has 4 N–H and O–H groups in total. The molecule has 0 aromatic heterocycles. The fourth-order valence-corrected chi connectivity index (χ4v) is 2.21. The Bertz CT molecular complexity index is 506. The smallest absolute Gasteiger partial charge is 0.251 e. The van der Waals surface area contributed by atoms with Gasteiger partial charge in [-0.2, -0.15) is 0 Å². The second-order valence-electron chi connectivity index (χ2n) is 5.01. The Morgan fingerprint density at radius 3 is 2.95 bits per heavy atom. The molecule has 1 amide bonds. The zero-order valence-electron chi connectivity index (χ0n) is 11.7. The van der Waals surface area contributed by atoms with E-state index in [1.165, 1.54) is 7.11 Å². The van der Waals surface area contributed by atoms with E-state index in [0.717, 1.165) is 0 Å². The lowest BCUT2D eigenvalue weighted by atomic mass is 9.96. The molecule has 1 saturated heterocycles. The van der Waals surface area contributed by atoms with E-state index < -0.39 is 5.60 Å². The van der Waals surface area contributed by atoms with Gasteiger partial charge in [-0.1, -0.05) is 0 Å². The van der Waals surface area contributed by atoms with Crippen LogP contribution in [-0.4, -0.2) is 43.0 Å². The first-order valence-corrected chi connectivity index (χ1v) is 6.52. The molecule has 0 radical (unpaired) electrons. The summed E-state index contributed by atoms with van der Waals surface area (Å²) in [5.41, 5.74) is 5.58. The molecule has 1 aromatic rings. The standard InChI is InChI=1S/C14H20N2O4/c1-9-14(18,5-6-20-9)8-16-13(17)10-3-4-12(19-2)11(15)7-10/h3-4,7,9,18H,5-6,8,15H2,1-2H3,(H,16,17). The molecule has 0 spiro atoms. The van der Waals surface area contributed by atoms with Crippen LogP contribution in [0.15, 0.2) is 18.2 Å². The minimum Gasteiger partial charge on any atom is -0.495 e. The number of methoxy groups -OCH3 is 1. The van der Waals surface area contributed by atoms with Crippen LogP contribution in [0.2, 0.25) is 0 Å². The molecule has 20 heavy (non-hydrogen) atoms. The number of hydrogen-bond acceptors (Lipinski definition) is 5. The second-order valence-corrected chi connectivity index (χ2v) is 5.01. The normalized spacial score (nSPS) is 25.4. The van der Waals surface area contributed by atoms with Crippen LogP contribution in [0, 0.1) is 0 Å². The molecule has 1 aromatic carbocycles. The van der Waals surface area contributed by atoms with Crippen molar-refractivity contribution in [3.05, 3.63) is 23.8 Å². The molecule has 110 valence electrons. The van der Waals surface area contributed by atoms with Crippen molar-refractivity contribution in [2.45, 2.75) is 25.0 Å². The lowest BCUT2D eigenvalue weighted by molar-refractivity contribution is -0.0251. The highest BCUT2D eigenvalue weighted by Gasteiger charge is 2.39. The van der Waals surface area contributed by atoms with E-state index in [0.29, 0.717) is 30.0 Å². The van der Waals surface area contributed by atoms with Gasteiger partial charge >= 0.3 is 0 Å². The molecule has 1 fully saturated rings. The molecule has 0 bridgehead atoms. The molecule has 1 aliphatic heterocycles. The highest BCUT2D eigenvalue weighted by atomic mass is 16.5. The molecular weight excluding hydrogens is 260 g/mol. The number of nitrogen functional groups attached to an aromatic ring is 1. The van der Waals surface area contributed by atoms with Gasteiger partial charge in [-0.3, -0.25) is 4.79 Å². The van der Waals surface area contributed by atoms with Crippen molar-refractivity contribution >= 4 is 11.6 Å². The maximum atomic E-state index is 12.0. The Kier molecular flexibility index (Phi) is 4.15. The molecule has 6 nitrogen and oxygen atoms in total. The zero-order valence-corrected chi connectivity index (χ0v) is 11.7. The van der Waals surface area contributed by atoms with Gasteiger partial charge in [-0.15, -0.1) is 0 Å². The first kappa shape index (κ1) is 14.6. The summed E-state index contributed by atoms with van der Waals surface area (Å²) in [5.74, 6) is 0.241. The third-order valence-electron chi connectivity index (χ3n) is 3.71. The molecule has 0 aliphatic carbocycles. The van der Waals surface area contributed by atoms with Crippen molar-refractivity contribution in [3.63, 3.8) is 0 Å². The van der Waals surface area contributed by atoms with E-state index in [1.54, 1.807) is 25.1 Å². The van der Waals surface area contributed by atoms with Gasteiger partial charge in [0.2, 0.25) is 0 Å². The van der Waals surface area contributed by atoms with Crippen molar-refractivity contribution in [1.82, 2.24) is 5.32 Å². The van der Waals surface area contributed by atoms with Crippen LogP contribution in [0.1, 0.15) is 23.7 Å². The van der Waals surface area contributed by atoms with E-state index in [9.17, 15) is 9.90 Å². The molecule has 6 heteroatoms. The number of benzene rings is 1. The lowest BCUT2D eigenvalue weighted by Gasteiger charge is -2.26. The van der Waals surface area contributed by atoms with Gasteiger partial charge in [0, 0.05) is 25.1 Å². The number of nitrogens with two attached hydrogens (primary N) is 1. The summed E-state index contributed by atoms with van der Waals surface area (Å²) in [6.45, 7) is 2.45. The molecular formula is C14H20N2O4. The topological polar surface area (TPSA) is 93.8 Å². The van der Waals surface area contributed by atoms with Crippen LogP contribution in [0.3, 0.4) is 0 Å². The quantitative estimate of drug-likeness (QED) is 0.700. The largest absolute Gasteiger partial charge is 0.495 e. The highest BCUT2D eigenvalue weighted by Crippen LogP contribution is 2.25. The third-order valence-corrected chi connectivity index (χ3v) is 3.71. The molecule has 2 unspecified atom stereocenters. The Labute approximate surface area is 117 Å². The average Bonchev–Trinajstić information content (AvgIpc) is 2.76. The number of rotatable bonds is 4. The summed E-state index contributed by atoms with van der Waals surface area (Å²) >= 11 is 0. The number of hydrogen-bond donors (Lipinski definition) is 3. The van der Waals surface area contributed by atoms with Crippen LogP contribution in [0.25, 0.3) is 0 Å². The van der Waals surface area contributed by atoms with E-state index in [2.05, 4.69) is 5.32 Å². The maximum absolute atomic E-state index is 12.0. The van der Waals surface area contributed by atoms with Gasteiger partial charge in [0.15, 0.2) is 0 Å². The predicted octanol–water partition coefficient (Wildman–Crippen LogP) is 0.547. The van der Waals surface area contributed by atoms with Gasteiger partial charge in [-0.05, 0) is 25.1 Å². The second kappa shape index (κ2) is 5.68. The number of carbonyl (C=O) groups is 1. The zero-order chi connectivity index (χ0) is 14.8. The minimum atomic E-state index is -1.01. The van der Waals surface area contributed by atoms with Gasteiger partial charge in [-0.25, -0.2) is 0 Å². The van der Waals surface area contributed by atoms with Gasteiger partial charge < -0.3 is 25.6 Å². The van der Waals surface area contributed by atoms with E-state index in [4.69, 9.17) is 15.2 Å². The number of nitrogens with one attached hydrogen (secondary N) is 1. The lowest BCUT2D eigenvalue weighted by Crippen LogP contribution is -2.47. The molecule has 0 saturated carbocycles. The fourth-order valence-electron chi connectivity index (χ4n) is 2.21. The van der Waals surface area contributed by atoms with Gasteiger partial charge in [0.05, 0.1) is 18.9 Å². The summed E-state index contributed by atoms with van der Waals surface area (Å²) in [6.07, 6.45) is 0.225. The van der Waals surface area contributed by atoms with Crippen molar-refractivity contribution in [1.29, 1.82) is 0 Å². The van der Waals surface area contributed by atoms with E-state index in [1.807, 2.05) is 0 Å². The molecule has 1 heterocycles. The Balaban J connectivity index is 2.00. The first-order valence-electron chi connectivity index (χ1n) is 6.52. The van der Waals surface area contributed by atoms with Crippen LogP contribution in [0.5, 0.6) is 5.75 Å². The van der Waals surface area contributed by atoms with Crippen molar-refractivity contribution in [2.75, 3.05) is 26.0 Å². The summed E-state index contributed by atoms with van der Waals surface area (Å²) < 4.78 is 10.4. The molecule has 2 atom stereocenters. The van der Waals surface area contributed by atoms with Crippen LogP contribution in [0.4, 0.5) is 5.69 Å². The highest BCUT2D eigenvalue weighted by molar-refractivity contribution is 5.95. The minimum absolute atomic E-state index is 0.152. The molecule has 1 aliphatic rings. The third kappa shape index (κ3) is 2.86. The van der Waals surface area contributed by atoms with Crippen LogP contribution >= 0.6 is 0 Å². The number of anilines is 1. The first-order chi connectivity index (χ1) is 9.46. The van der Waals surface area contributed by atoms with E-state index >= 15 is 0 Å². The SMILES string of the molecule is COc1ccc(C(=O)NCC2(O)CCOC2C)cc1N. The predicted molar refractivity (Wildman–Crippen MR) is 74.7 cm³/mol. The average molecular weight is 280 g/mol. The summed E-state index contributed by atoms with van der Waals surface area (Å²) in [6, 6.07) is 4.82. The monoisotopic (exact) mass is 280 g/mol. The van der Waals surface area contributed by atoms with Crippen LogP contribution in [-0.2, 0) is 4.74 Å². The van der Waals surface area contributed by atoms with Crippen molar-refractivity contribution in [2.24, 2.45) is 0 Å². The van der Waals surface area contributed by atoms with Gasteiger partial charge in [0.1, 0.15) is 11.4 Å². The fraction of sp³-hybridized carbons (Fsp3) is 0.500. The number of ether oxygens (including phenoxy) is 2. The maximum Gasteiger partial charge on any atom is 0.251 e. The Morgan fingerprint density at radius 2 is 2.40 bits per heavy atom. The van der Waals surface area contributed by atoms with Crippen LogP contribution < -0.4 is 15.8 Å². The number of aliphatic hydroxyl groups is 1. The number of amides is 1. The number of carbonyl (C=O) groups excluding carboxylic acids is 1. The van der Waals surface area contributed by atoms with Gasteiger partial charge in [0.25, 0.3) is 5.91 Å². The Hall–Kier alpha value is -1.79. The van der Waals surface area contributed by atoms with E-state index in [-0.39, 0.29) is 18.6 Å². The summed E-state index contributed by atoms with van der Waals surface area (Å²) in [5, 5.41) is 13.0. The Morgan fingerprint density at radius 1 is 1.65 bits per heavy atom. The molecule has 2 rings (SSSR count). The summed E-state index contributed by atoms with van der Waals surface area (Å²) in [7, 11) is 1.52. The van der Waals surface area contributed by atoms with Crippen molar-refractivity contribution < 1.29 is 19.4 Å².